The summed E-state index contributed by atoms with van der Waals surface area (Å²) in [7, 11) is 0. The lowest BCUT2D eigenvalue weighted by Crippen LogP contribution is -2.39. The zero-order valence-corrected chi connectivity index (χ0v) is 14.0. The van der Waals surface area contributed by atoms with E-state index < -0.39 is 42.8 Å². The van der Waals surface area contributed by atoms with E-state index in [1.54, 1.807) is 0 Å². The molecule has 4 atom stereocenters. The number of ether oxygens (including phenoxy) is 1. The first-order chi connectivity index (χ1) is 12.7. The highest BCUT2D eigenvalue weighted by atomic mass is 19.4. The molecule has 4 rings (SSSR count). The van der Waals surface area contributed by atoms with Crippen molar-refractivity contribution in [2.24, 2.45) is 5.92 Å². The first-order valence-corrected chi connectivity index (χ1v) is 8.48. The molecule has 1 aliphatic heterocycles. The number of aromatic nitrogens is 4. The quantitative estimate of drug-likeness (QED) is 0.679. The molecule has 0 spiro atoms. The third kappa shape index (κ3) is 3.17. The molecule has 0 aromatic carbocycles. The van der Waals surface area contributed by atoms with Crippen LogP contribution in [0.1, 0.15) is 25.5 Å². The maximum absolute atomic E-state index is 12.9. The van der Waals surface area contributed by atoms with Crippen molar-refractivity contribution in [3.8, 4) is 0 Å². The van der Waals surface area contributed by atoms with Crippen molar-refractivity contribution in [2.45, 2.75) is 56.5 Å². The summed E-state index contributed by atoms with van der Waals surface area (Å²) in [5, 5.41) is 19.7. The number of nitrogen functional groups attached to an aromatic ring is 1. The van der Waals surface area contributed by atoms with Gasteiger partial charge in [0.25, 0.3) is 0 Å². The molecule has 148 valence electrons. The molecule has 0 radical (unpaired) electrons. The van der Waals surface area contributed by atoms with E-state index in [0.29, 0.717) is 18.0 Å². The van der Waals surface area contributed by atoms with Crippen molar-refractivity contribution in [3.63, 3.8) is 0 Å². The van der Waals surface area contributed by atoms with Gasteiger partial charge in [0.15, 0.2) is 18.0 Å². The Hall–Kier alpha value is -2.18. The van der Waals surface area contributed by atoms with E-state index in [0.717, 1.165) is 17.4 Å². The van der Waals surface area contributed by atoms with E-state index in [1.807, 2.05) is 0 Å². The number of rotatable bonds is 4. The molecule has 1 saturated heterocycles. The molecule has 2 aromatic rings. The largest absolute Gasteiger partial charge is 0.416 e. The molecule has 9 nitrogen and oxygen atoms in total. The Bertz CT molecular complexity index is 923. The van der Waals surface area contributed by atoms with Gasteiger partial charge in [-0.15, -0.1) is 0 Å². The van der Waals surface area contributed by atoms with E-state index in [2.05, 4.69) is 9.97 Å². The molecule has 3 heterocycles. The average Bonchev–Trinajstić information content (AvgIpc) is 3.27. The summed E-state index contributed by atoms with van der Waals surface area (Å²) >= 11 is 0. The third-order valence-corrected chi connectivity index (χ3v) is 4.92. The van der Waals surface area contributed by atoms with Crippen molar-refractivity contribution in [1.29, 1.82) is 0 Å². The van der Waals surface area contributed by atoms with Crippen LogP contribution in [0.4, 0.5) is 19.1 Å². The molecule has 0 amide bonds. The van der Waals surface area contributed by atoms with Crippen molar-refractivity contribution < 1.29 is 28.1 Å². The Balaban J connectivity index is 1.76. The van der Waals surface area contributed by atoms with E-state index >= 15 is 0 Å². The van der Waals surface area contributed by atoms with Gasteiger partial charge in [0.1, 0.15) is 11.6 Å². The van der Waals surface area contributed by atoms with E-state index in [-0.39, 0.29) is 11.6 Å². The molecule has 4 N–H and O–H groups in total. The van der Waals surface area contributed by atoms with Crippen LogP contribution < -0.4 is 11.4 Å². The molecule has 2 fully saturated rings. The Morgan fingerprint density at radius 1 is 1.41 bits per heavy atom. The van der Waals surface area contributed by atoms with E-state index in [9.17, 15) is 28.2 Å². The lowest BCUT2D eigenvalue weighted by atomic mass is 10.1. The number of aliphatic hydroxyl groups is 2. The predicted octanol–water partition coefficient (Wildman–Crippen LogP) is 0.157. The van der Waals surface area contributed by atoms with Crippen molar-refractivity contribution in [1.82, 2.24) is 19.1 Å². The smallest absolute Gasteiger partial charge is 0.388 e. The maximum Gasteiger partial charge on any atom is 0.416 e. The molecule has 0 bridgehead atoms. The summed E-state index contributed by atoms with van der Waals surface area (Å²) in [6.45, 7) is 0.410. The van der Waals surface area contributed by atoms with Crippen LogP contribution in [0.5, 0.6) is 0 Å². The first-order valence-electron chi connectivity index (χ1n) is 8.48. The summed E-state index contributed by atoms with van der Waals surface area (Å²) < 4.78 is 46.0. The highest BCUT2D eigenvalue weighted by Gasteiger charge is 2.50. The van der Waals surface area contributed by atoms with Gasteiger partial charge in [0.05, 0.1) is 12.3 Å². The van der Waals surface area contributed by atoms with Gasteiger partial charge in [-0.2, -0.15) is 18.2 Å². The summed E-state index contributed by atoms with van der Waals surface area (Å²) in [5.74, 6) is 0.202. The van der Waals surface area contributed by atoms with Crippen molar-refractivity contribution >= 4 is 17.1 Å². The Morgan fingerprint density at radius 3 is 2.74 bits per heavy atom. The average molecular weight is 389 g/mol. The molecule has 27 heavy (non-hydrogen) atoms. The van der Waals surface area contributed by atoms with Crippen LogP contribution in [-0.4, -0.2) is 53.8 Å². The number of halogens is 3. The van der Waals surface area contributed by atoms with Gasteiger partial charge in [0.2, 0.25) is 5.95 Å². The number of hydrogen-bond donors (Lipinski definition) is 3. The summed E-state index contributed by atoms with van der Waals surface area (Å²) in [6.07, 6.45) is -9.40. The normalized spacial score (nSPS) is 27.4. The Morgan fingerprint density at radius 2 is 2.11 bits per heavy atom. The van der Waals surface area contributed by atoms with Gasteiger partial charge in [-0.05, 0) is 18.8 Å². The lowest BCUT2D eigenvalue weighted by molar-refractivity contribution is -0.237. The number of hydrogen-bond acceptors (Lipinski definition) is 7. The van der Waals surface area contributed by atoms with E-state index in [4.69, 9.17) is 10.5 Å². The van der Waals surface area contributed by atoms with Crippen LogP contribution in [0.15, 0.2) is 11.0 Å². The number of fused-ring (bicyclic) bond motifs is 1. The van der Waals surface area contributed by atoms with Gasteiger partial charge < -0.3 is 20.7 Å². The first kappa shape index (κ1) is 18.2. The molecule has 2 aliphatic rings. The standard InChI is InChI=1S/C15H18F3N5O4/c16-15(17,18)10(25)9-3-8(24)12(27-9)23-11-7(4-20-13(19)21-11)22(14(23)26)5-6-1-2-6/h4,6,8-10,12,24-25H,1-3,5H2,(H2,19,20,21)/t8-,9+,10-,12-/m1/s1. The molecule has 12 heteroatoms. The molecule has 1 saturated carbocycles. The van der Waals surface area contributed by atoms with Gasteiger partial charge in [-0.25, -0.2) is 14.3 Å². The van der Waals surface area contributed by atoms with Gasteiger partial charge in [-0.1, -0.05) is 0 Å². The van der Waals surface area contributed by atoms with Crippen LogP contribution >= 0.6 is 0 Å². The molecule has 0 unspecified atom stereocenters. The minimum absolute atomic E-state index is 0.0688. The molecule has 1 aliphatic carbocycles. The van der Waals surface area contributed by atoms with Crippen LogP contribution in [0.2, 0.25) is 0 Å². The van der Waals surface area contributed by atoms with Crippen LogP contribution in [0.25, 0.3) is 11.2 Å². The lowest BCUT2D eigenvalue weighted by Gasteiger charge is -2.21. The van der Waals surface area contributed by atoms with Gasteiger partial charge >= 0.3 is 11.9 Å². The van der Waals surface area contributed by atoms with Crippen LogP contribution in [0, 0.1) is 5.92 Å². The number of anilines is 1. The number of aliphatic hydroxyl groups excluding tert-OH is 2. The highest BCUT2D eigenvalue weighted by molar-refractivity contribution is 5.72. The summed E-state index contributed by atoms with van der Waals surface area (Å²) in [5.41, 5.74) is 5.44. The fourth-order valence-electron chi connectivity index (χ4n) is 3.36. The Kier molecular flexibility index (Phi) is 4.16. The summed E-state index contributed by atoms with van der Waals surface area (Å²) in [4.78, 5) is 20.8. The van der Waals surface area contributed by atoms with Gasteiger partial charge in [-0.3, -0.25) is 4.57 Å². The van der Waals surface area contributed by atoms with Crippen molar-refractivity contribution in [2.75, 3.05) is 5.73 Å². The topological polar surface area (TPSA) is 128 Å². The summed E-state index contributed by atoms with van der Waals surface area (Å²) in [6, 6.07) is 0. The number of alkyl halides is 3. The Labute approximate surface area is 150 Å². The second-order valence-electron chi connectivity index (χ2n) is 7.00. The van der Waals surface area contributed by atoms with E-state index in [1.165, 1.54) is 10.8 Å². The van der Waals surface area contributed by atoms with Crippen LogP contribution in [0.3, 0.4) is 0 Å². The number of imidazole rings is 1. The molecule has 2 aromatic heterocycles. The zero-order chi connectivity index (χ0) is 19.5. The fourth-order valence-corrected chi connectivity index (χ4v) is 3.36. The van der Waals surface area contributed by atoms with Gasteiger partial charge in [0, 0.05) is 13.0 Å². The zero-order valence-electron chi connectivity index (χ0n) is 14.0. The number of nitrogens with zero attached hydrogens (tertiary/aromatic N) is 4. The SMILES string of the molecule is Nc1ncc2c(n1)n([C@@H]1O[C@H]([C@@H](O)C(F)(F)F)C[C@H]1O)c(=O)n2CC1CC1. The highest BCUT2D eigenvalue weighted by Crippen LogP contribution is 2.37. The second kappa shape index (κ2) is 6.17. The number of nitrogens with two attached hydrogens (primary N) is 1. The fraction of sp³-hybridized carbons (Fsp3) is 0.667. The second-order valence-corrected chi connectivity index (χ2v) is 7.00. The maximum atomic E-state index is 12.9. The van der Waals surface area contributed by atoms with Crippen LogP contribution in [-0.2, 0) is 11.3 Å². The predicted molar refractivity (Wildman–Crippen MR) is 85.5 cm³/mol. The van der Waals surface area contributed by atoms with Crippen molar-refractivity contribution in [3.05, 3.63) is 16.7 Å². The third-order valence-electron chi connectivity index (χ3n) is 4.92. The monoisotopic (exact) mass is 389 g/mol. The minimum Gasteiger partial charge on any atom is -0.388 e. The minimum atomic E-state index is -4.91. The molecular formula is C15H18F3N5O4. The molecular weight excluding hydrogens is 371 g/mol.